The van der Waals surface area contributed by atoms with Gasteiger partial charge in [-0.1, -0.05) is 42.5 Å². The fraction of sp³-hybridized carbons (Fsp3) is 0.261. The van der Waals surface area contributed by atoms with Gasteiger partial charge in [0.05, 0.1) is 4.88 Å². The zero-order chi connectivity index (χ0) is 20.8. The molecule has 1 unspecified atom stereocenters. The molecule has 1 aromatic carbocycles. The highest BCUT2D eigenvalue weighted by Gasteiger charge is 2.29. The molecule has 0 saturated carbocycles. The van der Waals surface area contributed by atoms with Gasteiger partial charge in [-0.15, -0.1) is 11.3 Å². The van der Waals surface area contributed by atoms with Gasteiger partial charge in [-0.2, -0.15) is 0 Å². The van der Waals surface area contributed by atoms with Crippen molar-refractivity contribution in [1.29, 1.82) is 0 Å². The SMILES string of the molecule is O=C(NC(Cc1ccccc1)C(=O)N1CCN(c2ccccn2)CC1)c1cccs1. The Hall–Kier alpha value is -3.19. The zero-order valence-corrected chi connectivity index (χ0v) is 17.4. The van der Waals surface area contributed by atoms with Crippen LogP contribution in [0.25, 0.3) is 0 Å². The largest absolute Gasteiger partial charge is 0.353 e. The molecule has 1 fully saturated rings. The Morgan fingerprint density at radius 1 is 0.967 bits per heavy atom. The number of nitrogens with one attached hydrogen (secondary N) is 1. The summed E-state index contributed by atoms with van der Waals surface area (Å²) in [5.41, 5.74) is 1.02. The molecule has 1 atom stereocenters. The fourth-order valence-electron chi connectivity index (χ4n) is 3.60. The van der Waals surface area contributed by atoms with Crippen LogP contribution in [0, 0.1) is 0 Å². The number of anilines is 1. The van der Waals surface area contributed by atoms with Gasteiger partial charge in [0, 0.05) is 38.8 Å². The first-order chi connectivity index (χ1) is 14.7. The van der Waals surface area contributed by atoms with Crippen LogP contribution in [0.3, 0.4) is 0 Å². The van der Waals surface area contributed by atoms with E-state index >= 15 is 0 Å². The standard InChI is InChI=1S/C23H24N4O2S/c28-22(20-9-6-16-30-20)25-19(17-18-7-2-1-3-8-18)23(29)27-14-12-26(13-15-27)21-10-4-5-11-24-21/h1-11,16,19H,12-15,17H2,(H,25,28). The minimum absolute atomic E-state index is 0.0376. The van der Waals surface area contributed by atoms with Crippen LogP contribution in [0.4, 0.5) is 5.82 Å². The molecule has 1 aliphatic rings. The molecule has 0 radical (unpaired) electrons. The van der Waals surface area contributed by atoms with E-state index in [0.717, 1.165) is 24.5 Å². The molecule has 0 spiro atoms. The Labute approximate surface area is 180 Å². The lowest BCUT2D eigenvalue weighted by atomic mass is 10.0. The predicted molar refractivity (Wildman–Crippen MR) is 119 cm³/mol. The van der Waals surface area contributed by atoms with Gasteiger partial charge >= 0.3 is 0 Å². The Balaban J connectivity index is 1.44. The third kappa shape index (κ3) is 4.86. The molecule has 2 amide bonds. The number of hydrogen-bond acceptors (Lipinski definition) is 5. The third-order valence-electron chi connectivity index (χ3n) is 5.20. The second-order valence-corrected chi connectivity index (χ2v) is 8.14. The van der Waals surface area contributed by atoms with E-state index in [9.17, 15) is 9.59 Å². The van der Waals surface area contributed by atoms with Crippen LogP contribution in [0.2, 0.25) is 0 Å². The van der Waals surface area contributed by atoms with Crippen LogP contribution >= 0.6 is 11.3 Å². The van der Waals surface area contributed by atoms with Crippen molar-refractivity contribution in [3.63, 3.8) is 0 Å². The number of rotatable bonds is 6. The van der Waals surface area contributed by atoms with Crippen molar-refractivity contribution < 1.29 is 9.59 Å². The Bertz CT molecular complexity index is 955. The number of thiophene rings is 1. The maximum atomic E-state index is 13.3. The smallest absolute Gasteiger partial charge is 0.262 e. The van der Waals surface area contributed by atoms with E-state index in [1.807, 2.05) is 64.9 Å². The van der Waals surface area contributed by atoms with Crippen molar-refractivity contribution in [3.8, 4) is 0 Å². The van der Waals surface area contributed by atoms with Crippen LogP contribution in [-0.4, -0.2) is 53.9 Å². The first kappa shape index (κ1) is 20.1. The van der Waals surface area contributed by atoms with Crippen molar-refractivity contribution in [1.82, 2.24) is 15.2 Å². The normalized spacial score (nSPS) is 14.9. The van der Waals surface area contributed by atoms with Gasteiger partial charge in [0.1, 0.15) is 11.9 Å². The minimum Gasteiger partial charge on any atom is -0.353 e. The molecule has 3 heterocycles. The maximum Gasteiger partial charge on any atom is 0.262 e. The van der Waals surface area contributed by atoms with Gasteiger partial charge in [0.25, 0.3) is 5.91 Å². The summed E-state index contributed by atoms with van der Waals surface area (Å²) in [6.07, 6.45) is 2.25. The van der Waals surface area contributed by atoms with Crippen LogP contribution in [0.15, 0.2) is 72.2 Å². The lowest BCUT2D eigenvalue weighted by Crippen LogP contribution is -2.55. The molecular formula is C23H24N4O2S. The average Bonchev–Trinajstić information content (AvgIpc) is 3.35. The quantitative estimate of drug-likeness (QED) is 0.666. The van der Waals surface area contributed by atoms with E-state index in [4.69, 9.17) is 0 Å². The highest BCUT2D eigenvalue weighted by atomic mass is 32.1. The first-order valence-electron chi connectivity index (χ1n) is 10.0. The van der Waals surface area contributed by atoms with Crippen molar-refractivity contribution in [2.24, 2.45) is 0 Å². The van der Waals surface area contributed by atoms with Gasteiger partial charge in [-0.3, -0.25) is 9.59 Å². The van der Waals surface area contributed by atoms with E-state index in [2.05, 4.69) is 15.2 Å². The lowest BCUT2D eigenvalue weighted by molar-refractivity contribution is -0.133. The zero-order valence-electron chi connectivity index (χ0n) is 16.6. The summed E-state index contributed by atoms with van der Waals surface area (Å²) in [6.45, 7) is 2.66. The van der Waals surface area contributed by atoms with Crippen LogP contribution < -0.4 is 10.2 Å². The molecule has 6 nitrogen and oxygen atoms in total. The Morgan fingerprint density at radius 2 is 1.73 bits per heavy atom. The lowest BCUT2D eigenvalue weighted by Gasteiger charge is -2.37. The number of carbonyl (C=O) groups is 2. The number of amides is 2. The van der Waals surface area contributed by atoms with Crippen molar-refractivity contribution in [2.75, 3.05) is 31.1 Å². The number of aromatic nitrogens is 1. The number of carbonyl (C=O) groups excluding carboxylic acids is 2. The van der Waals surface area contributed by atoms with Crippen molar-refractivity contribution in [2.45, 2.75) is 12.5 Å². The number of hydrogen-bond donors (Lipinski definition) is 1. The molecule has 154 valence electrons. The van der Waals surface area contributed by atoms with E-state index in [1.54, 1.807) is 12.3 Å². The maximum absolute atomic E-state index is 13.3. The number of benzene rings is 1. The van der Waals surface area contributed by atoms with E-state index in [-0.39, 0.29) is 11.8 Å². The summed E-state index contributed by atoms with van der Waals surface area (Å²) in [4.78, 5) is 35.0. The second kappa shape index (κ2) is 9.54. The van der Waals surface area contributed by atoms with Crippen LogP contribution in [-0.2, 0) is 11.2 Å². The summed E-state index contributed by atoms with van der Waals surface area (Å²) in [7, 11) is 0. The van der Waals surface area contributed by atoms with Crippen molar-refractivity contribution in [3.05, 3.63) is 82.7 Å². The number of pyridine rings is 1. The fourth-order valence-corrected chi connectivity index (χ4v) is 4.23. The summed E-state index contributed by atoms with van der Waals surface area (Å²) in [6, 6.07) is 18.7. The number of nitrogens with zero attached hydrogens (tertiary/aromatic N) is 3. The summed E-state index contributed by atoms with van der Waals surface area (Å²) >= 11 is 1.37. The van der Waals surface area contributed by atoms with E-state index in [1.165, 1.54) is 11.3 Å². The van der Waals surface area contributed by atoms with Gasteiger partial charge in [0.15, 0.2) is 0 Å². The molecule has 2 aromatic heterocycles. The average molecular weight is 421 g/mol. The second-order valence-electron chi connectivity index (χ2n) is 7.19. The topological polar surface area (TPSA) is 65.5 Å². The Kier molecular flexibility index (Phi) is 6.39. The third-order valence-corrected chi connectivity index (χ3v) is 6.06. The predicted octanol–water partition coefficient (Wildman–Crippen LogP) is 2.83. The molecular weight excluding hydrogens is 396 g/mol. The van der Waals surface area contributed by atoms with Gasteiger partial charge in [-0.05, 0) is 29.1 Å². The summed E-state index contributed by atoms with van der Waals surface area (Å²) < 4.78 is 0. The molecule has 3 aromatic rings. The molecule has 7 heteroatoms. The molecule has 1 saturated heterocycles. The molecule has 0 aliphatic carbocycles. The van der Waals surface area contributed by atoms with Crippen molar-refractivity contribution >= 4 is 29.0 Å². The van der Waals surface area contributed by atoms with Gasteiger partial charge in [-0.25, -0.2) is 4.98 Å². The highest BCUT2D eigenvalue weighted by molar-refractivity contribution is 7.12. The number of piperazine rings is 1. The molecule has 0 bridgehead atoms. The van der Waals surface area contributed by atoms with Crippen LogP contribution in [0.5, 0.6) is 0 Å². The molecule has 1 N–H and O–H groups in total. The molecule has 4 rings (SSSR count). The Morgan fingerprint density at radius 3 is 2.40 bits per heavy atom. The summed E-state index contributed by atoms with van der Waals surface area (Å²) in [5, 5.41) is 4.82. The van der Waals surface area contributed by atoms with Gasteiger partial charge in [0.2, 0.25) is 5.91 Å². The van der Waals surface area contributed by atoms with E-state index < -0.39 is 6.04 Å². The van der Waals surface area contributed by atoms with Crippen LogP contribution in [0.1, 0.15) is 15.2 Å². The first-order valence-corrected chi connectivity index (χ1v) is 10.9. The minimum atomic E-state index is -0.594. The highest BCUT2D eigenvalue weighted by Crippen LogP contribution is 2.15. The molecule has 1 aliphatic heterocycles. The molecule has 30 heavy (non-hydrogen) atoms. The van der Waals surface area contributed by atoms with Gasteiger partial charge < -0.3 is 15.1 Å². The summed E-state index contributed by atoms with van der Waals surface area (Å²) in [5.74, 6) is 0.687. The van der Waals surface area contributed by atoms with E-state index in [0.29, 0.717) is 24.4 Å². The monoisotopic (exact) mass is 420 g/mol.